The fourth-order valence-corrected chi connectivity index (χ4v) is 2.31. The Labute approximate surface area is 119 Å². The molecule has 1 rings (SSSR count). The first-order valence-electron chi connectivity index (χ1n) is 7.59. The van der Waals surface area contributed by atoms with Gasteiger partial charge in [-0.05, 0) is 48.8 Å². The van der Waals surface area contributed by atoms with Gasteiger partial charge in [0.2, 0.25) is 0 Å². The predicted molar refractivity (Wildman–Crippen MR) is 85.8 cm³/mol. The van der Waals surface area contributed by atoms with Gasteiger partial charge >= 0.3 is 0 Å². The van der Waals surface area contributed by atoms with Crippen LogP contribution in [0.15, 0.2) is 24.3 Å². The minimum Gasteiger partial charge on any atom is -0.317 e. The number of hydrogen-bond donors (Lipinski definition) is 1. The summed E-state index contributed by atoms with van der Waals surface area (Å²) in [6, 6.07) is 9.75. The molecule has 1 heteroatoms. The normalized spacial score (nSPS) is 13.8. The lowest BCUT2D eigenvalue weighted by atomic mass is 9.86. The van der Waals surface area contributed by atoms with Crippen LogP contribution in [0.4, 0.5) is 0 Å². The lowest BCUT2D eigenvalue weighted by Crippen LogP contribution is -2.28. The maximum absolute atomic E-state index is 3.45. The zero-order chi connectivity index (χ0) is 14.5. The molecule has 0 saturated carbocycles. The monoisotopic (exact) mass is 261 g/mol. The minimum absolute atomic E-state index is 0.249. The van der Waals surface area contributed by atoms with Gasteiger partial charge in [-0.25, -0.2) is 0 Å². The summed E-state index contributed by atoms with van der Waals surface area (Å²) in [5, 5.41) is 3.45. The van der Waals surface area contributed by atoms with E-state index < -0.39 is 0 Å². The van der Waals surface area contributed by atoms with E-state index in [9.17, 15) is 0 Å². The van der Waals surface area contributed by atoms with Crippen molar-refractivity contribution in [1.82, 2.24) is 5.32 Å². The third-order valence-corrected chi connectivity index (χ3v) is 3.80. The molecule has 0 aromatic heterocycles. The van der Waals surface area contributed by atoms with Gasteiger partial charge in [0.1, 0.15) is 0 Å². The molecule has 108 valence electrons. The van der Waals surface area contributed by atoms with Crippen LogP contribution in [0.5, 0.6) is 0 Å². The van der Waals surface area contributed by atoms with Gasteiger partial charge in [-0.1, -0.05) is 58.9 Å². The van der Waals surface area contributed by atoms with Gasteiger partial charge in [0.25, 0.3) is 0 Å². The molecule has 0 amide bonds. The van der Waals surface area contributed by atoms with E-state index in [2.05, 4.69) is 71.2 Å². The molecule has 0 fully saturated rings. The summed E-state index contributed by atoms with van der Waals surface area (Å²) < 4.78 is 0. The Morgan fingerprint density at radius 2 is 1.58 bits per heavy atom. The summed E-state index contributed by atoms with van der Waals surface area (Å²) in [4.78, 5) is 0. The maximum atomic E-state index is 3.45. The van der Waals surface area contributed by atoms with Crippen LogP contribution >= 0.6 is 0 Å². The molecule has 0 saturated heterocycles. The van der Waals surface area contributed by atoms with Crippen molar-refractivity contribution < 1.29 is 0 Å². The highest BCUT2D eigenvalue weighted by molar-refractivity contribution is 5.27. The van der Waals surface area contributed by atoms with Crippen LogP contribution < -0.4 is 5.32 Å². The summed E-state index contributed by atoms with van der Waals surface area (Å²) >= 11 is 0. The van der Waals surface area contributed by atoms with Crippen LogP contribution in [0.1, 0.15) is 58.6 Å². The highest BCUT2D eigenvalue weighted by Crippen LogP contribution is 2.22. The Morgan fingerprint density at radius 3 is 2.00 bits per heavy atom. The molecule has 0 bridgehead atoms. The van der Waals surface area contributed by atoms with E-state index >= 15 is 0 Å². The second kappa shape index (κ2) is 7.09. The molecule has 0 aliphatic rings. The molecule has 1 atom stereocenters. The van der Waals surface area contributed by atoms with Crippen molar-refractivity contribution in [2.75, 3.05) is 7.05 Å². The van der Waals surface area contributed by atoms with E-state index in [1.165, 1.54) is 24.0 Å². The van der Waals surface area contributed by atoms with Crippen LogP contribution in [0.3, 0.4) is 0 Å². The predicted octanol–water partition coefficient (Wildman–Crippen LogP) is 4.55. The van der Waals surface area contributed by atoms with Gasteiger partial charge in [-0.15, -0.1) is 0 Å². The largest absolute Gasteiger partial charge is 0.317 e. The number of benzene rings is 1. The molecule has 1 aromatic rings. The highest BCUT2D eigenvalue weighted by Gasteiger charge is 2.14. The summed E-state index contributed by atoms with van der Waals surface area (Å²) in [5.41, 5.74) is 3.11. The number of hydrogen-bond acceptors (Lipinski definition) is 1. The molecule has 1 aromatic carbocycles. The average molecular weight is 261 g/mol. The first-order valence-corrected chi connectivity index (χ1v) is 7.59. The average Bonchev–Trinajstić information content (AvgIpc) is 2.33. The van der Waals surface area contributed by atoms with E-state index in [0.717, 1.165) is 12.3 Å². The Bertz CT molecular complexity index is 356. The Morgan fingerprint density at radius 1 is 1.00 bits per heavy atom. The van der Waals surface area contributed by atoms with E-state index in [1.54, 1.807) is 0 Å². The molecule has 0 aliphatic heterocycles. The molecular formula is C18H31N. The van der Waals surface area contributed by atoms with Crippen molar-refractivity contribution in [3.05, 3.63) is 35.4 Å². The van der Waals surface area contributed by atoms with Crippen molar-refractivity contribution >= 4 is 0 Å². The van der Waals surface area contributed by atoms with E-state index in [4.69, 9.17) is 0 Å². The minimum atomic E-state index is 0.249. The van der Waals surface area contributed by atoms with Crippen molar-refractivity contribution in [2.24, 2.45) is 5.92 Å². The molecule has 0 spiro atoms. The summed E-state index contributed by atoms with van der Waals surface area (Å²) in [6.45, 7) is 11.4. The van der Waals surface area contributed by atoms with E-state index in [1.807, 2.05) is 0 Å². The third-order valence-electron chi connectivity index (χ3n) is 3.80. The zero-order valence-corrected chi connectivity index (χ0v) is 13.6. The lowest BCUT2D eigenvalue weighted by Gasteiger charge is -2.21. The maximum Gasteiger partial charge on any atom is 0.0105 e. The number of likely N-dealkylation sites (N-methyl/N-ethyl adjacent to an activating group) is 1. The second-order valence-electron chi connectivity index (χ2n) is 7.11. The molecule has 1 N–H and O–H groups in total. The molecule has 0 radical (unpaired) electrons. The van der Waals surface area contributed by atoms with Gasteiger partial charge in [-0.3, -0.25) is 0 Å². The fraction of sp³-hybridized carbons (Fsp3) is 0.667. The first kappa shape index (κ1) is 16.2. The topological polar surface area (TPSA) is 12.0 Å². The molecule has 1 nitrogen and oxygen atoms in total. The van der Waals surface area contributed by atoms with Crippen LogP contribution in [0.25, 0.3) is 0 Å². The summed E-state index contributed by atoms with van der Waals surface area (Å²) in [5.74, 6) is 0.791. The summed E-state index contributed by atoms with van der Waals surface area (Å²) in [7, 11) is 2.08. The van der Waals surface area contributed by atoms with Crippen molar-refractivity contribution in [3.8, 4) is 0 Å². The smallest absolute Gasteiger partial charge is 0.0105 e. The SMILES string of the molecule is CNC(CCC(C)C)Cc1ccc(C(C)(C)C)cc1. The van der Waals surface area contributed by atoms with Gasteiger partial charge < -0.3 is 5.32 Å². The Balaban J connectivity index is 2.60. The van der Waals surface area contributed by atoms with Crippen LogP contribution in [0.2, 0.25) is 0 Å². The van der Waals surface area contributed by atoms with Crippen LogP contribution in [-0.4, -0.2) is 13.1 Å². The van der Waals surface area contributed by atoms with E-state index in [-0.39, 0.29) is 5.41 Å². The molecule has 1 unspecified atom stereocenters. The Hall–Kier alpha value is -0.820. The van der Waals surface area contributed by atoms with Crippen LogP contribution in [0, 0.1) is 5.92 Å². The third kappa shape index (κ3) is 5.78. The van der Waals surface area contributed by atoms with Gasteiger partial charge in [0, 0.05) is 6.04 Å². The quantitative estimate of drug-likeness (QED) is 0.792. The molecule has 0 heterocycles. The second-order valence-corrected chi connectivity index (χ2v) is 7.11. The van der Waals surface area contributed by atoms with Crippen molar-refractivity contribution in [2.45, 2.75) is 65.3 Å². The first-order chi connectivity index (χ1) is 8.82. The van der Waals surface area contributed by atoms with Crippen LogP contribution in [-0.2, 0) is 11.8 Å². The Kier molecular flexibility index (Phi) is 6.06. The lowest BCUT2D eigenvalue weighted by molar-refractivity contribution is 0.450. The van der Waals surface area contributed by atoms with Gasteiger partial charge in [0.05, 0.1) is 0 Å². The van der Waals surface area contributed by atoms with E-state index in [0.29, 0.717) is 6.04 Å². The van der Waals surface area contributed by atoms with Gasteiger partial charge in [-0.2, -0.15) is 0 Å². The van der Waals surface area contributed by atoms with Crippen molar-refractivity contribution in [3.63, 3.8) is 0 Å². The molecule has 19 heavy (non-hydrogen) atoms. The number of nitrogens with one attached hydrogen (secondary N) is 1. The number of rotatable bonds is 6. The standard InChI is InChI=1S/C18H31N/c1-14(2)7-12-17(19-6)13-15-8-10-16(11-9-15)18(3,4)5/h8-11,14,17,19H,7,12-13H2,1-6H3. The van der Waals surface area contributed by atoms with Crippen molar-refractivity contribution in [1.29, 1.82) is 0 Å². The fourth-order valence-electron chi connectivity index (χ4n) is 2.31. The summed E-state index contributed by atoms with van der Waals surface area (Å²) in [6.07, 6.45) is 3.69. The zero-order valence-electron chi connectivity index (χ0n) is 13.6. The molecule has 0 aliphatic carbocycles. The molecular weight excluding hydrogens is 230 g/mol. The highest BCUT2D eigenvalue weighted by atomic mass is 14.9. The van der Waals surface area contributed by atoms with Gasteiger partial charge in [0.15, 0.2) is 0 Å².